The van der Waals surface area contributed by atoms with Crippen molar-refractivity contribution in [2.45, 2.75) is 51.9 Å². The number of aryl methyl sites for hydroxylation is 1. The van der Waals surface area contributed by atoms with Gasteiger partial charge in [-0.1, -0.05) is 39.0 Å². The van der Waals surface area contributed by atoms with Crippen LogP contribution < -0.4 is 17.0 Å². The molecule has 1 radical (unpaired) electrons. The number of hydrogen-bond acceptors (Lipinski definition) is 1. The third-order valence-electron chi connectivity index (χ3n) is 2.43. The Labute approximate surface area is 130 Å². The minimum Gasteiger partial charge on any atom is -1.00 e. The molecule has 0 saturated heterocycles. The Morgan fingerprint density at radius 1 is 1.19 bits per heavy atom. The second-order valence-corrected chi connectivity index (χ2v) is 4.40. The fourth-order valence-electron chi connectivity index (χ4n) is 1.54. The van der Waals surface area contributed by atoms with Gasteiger partial charge < -0.3 is 21.4 Å². The molecular formula is C12H18Br2OZn-. The molecule has 1 nitrogen and oxygen atoms in total. The van der Waals surface area contributed by atoms with Crippen LogP contribution in [0.15, 0.2) is 15.2 Å². The smallest absolute Gasteiger partial charge is 0.173 e. The van der Waals surface area contributed by atoms with Crippen LogP contribution in [0.1, 0.15) is 51.0 Å². The molecule has 0 N–H and O–H groups in total. The number of unbranched alkanes of at least 4 members (excludes halogenated alkanes) is 5. The Kier molecular flexibility index (Phi) is 14.8. The molecule has 0 amide bonds. The molecule has 1 heterocycles. The van der Waals surface area contributed by atoms with Crippen molar-refractivity contribution in [3.8, 4) is 0 Å². The molecule has 0 aliphatic rings. The Hall–Kier alpha value is 0.863. The minimum absolute atomic E-state index is 0. The summed E-state index contributed by atoms with van der Waals surface area (Å²) in [4.78, 5) is 0. The van der Waals surface area contributed by atoms with Crippen molar-refractivity contribution < 1.29 is 40.9 Å². The summed E-state index contributed by atoms with van der Waals surface area (Å²) in [6, 6.07) is 1.93. The molecule has 1 rings (SSSR count). The molecule has 0 aromatic carbocycles. The molecule has 4 heteroatoms. The average Bonchev–Trinajstić information content (AvgIpc) is 2.58. The fourth-order valence-corrected chi connectivity index (χ4v) is 1.95. The normalized spacial score (nSPS) is 9.38. The monoisotopic (exact) mass is 400 g/mol. The first-order chi connectivity index (χ1) is 6.84. The zero-order valence-electron chi connectivity index (χ0n) is 9.90. The van der Waals surface area contributed by atoms with Crippen LogP contribution in [0.5, 0.6) is 0 Å². The van der Waals surface area contributed by atoms with Gasteiger partial charge in [0, 0.05) is 25.0 Å². The summed E-state index contributed by atoms with van der Waals surface area (Å²) in [6.45, 7) is 2.25. The van der Waals surface area contributed by atoms with Gasteiger partial charge in [0.25, 0.3) is 0 Å². The standard InChI is InChI=1S/C12H18BrO.BrH.Zn/c1-2-3-4-5-6-7-8-11-9-10-14-12(11)13;;/h9H,2-8H2,1H3;1H;/p-1. The predicted octanol–water partition coefficient (Wildman–Crippen LogP) is 1.75. The van der Waals surface area contributed by atoms with Crippen LogP contribution in [-0.2, 0) is 25.9 Å². The number of rotatable bonds is 7. The quantitative estimate of drug-likeness (QED) is 0.500. The molecule has 0 unspecified atom stereocenters. The Morgan fingerprint density at radius 2 is 1.81 bits per heavy atom. The van der Waals surface area contributed by atoms with Crippen molar-refractivity contribution in [3.63, 3.8) is 0 Å². The summed E-state index contributed by atoms with van der Waals surface area (Å²) in [5.74, 6) is 0. The van der Waals surface area contributed by atoms with Crippen molar-refractivity contribution in [1.82, 2.24) is 0 Å². The van der Waals surface area contributed by atoms with Crippen LogP contribution in [0.4, 0.5) is 0 Å². The van der Waals surface area contributed by atoms with Gasteiger partial charge >= 0.3 is 0 Å². The van der Waals surface area contributed by atoms with Crippen molar-refractivity contribution in [2.75, 3.05) is 0 Å². The molecule has 0 atom stereocenters. The molecule has 0 fully saturated rings. The van der Waals surface area contributed by atoms with Crippen molar-refractivity contribution in [2.24, 2.45) is 0 Å². The Morgan fingerprint density at radius 3 is 2.38 bits per heavy atom. The van der Waals surface area contributed by atoms with E-state index >= 15 is 0 Å². The van der Waals surface area contributed by atoms with Gasteiger partial charge in [-0.05, 0) is 34.8 Å². The van der Waals surface area contributed by atoms with Crippen LogP contribution in [-0.4, -0.2) is 0 Å². The van der Waals surface area contributed by atoms with E-state index < -0.39 is 0 Å². The Bertz CT molecular complexity index is 251. The first-order valence-corrected chi connectivity index (χ1v) is 6.28. The summed E-state index contributed by atoms with van der Waals surface area (Å²) < 4.78 is 5.90. The van der Waals surface area contributed by atoms with E-state index in [1.807, 2.05) is 6.07 Å². The SMILES string of the molecule is CCCCCCCCc1c[c]oc1Br.[Br-].[Zn]. The average molecular weight is 403 g/mol. The van der Waals surface area contributed by atoms with Gasteiger partial charge in [-0.25, -0.2) is 0 Å². The number of furan rings is 1. The molecule has 1 aromatic heterocycles. The first-order valence-electron chi connectivity index (χ1n) is 5.49. The van der Waals surface area contributed by atoms with Gasteiger partial charge in [-0.15, -0.1) is 0 Å². The maximum atomic E-state index is 5.05. The summed E-state index contributed by atoms with van der Waals surface area (Å²) in [5.41, 5.74) is 1.25. The summed E-state index contributed by atoms with van der Waals surface area (Å²) >= 11 is 3.36. The third-order valence-corrected chi connectivity index (χ3v) is 3.10. The molecule has 89 valence electrons. The van der Waals surface area contributed by atoms with Crippen LogP contribution in [0.25, 0.3) is 0 Å². The zero-order valence-corrected chi connectivity index (χ0v) is 16.0. The number of hydrogen-bond donors (Lipinski definition) is 0. The number of halogens is 2. The van der Waals surface area contributed by atoms with E-state index in [9.17, 15) is 0 Å². The second-order valence-electron chi connectivity index (χ2n) is 3.68. The molecule has 0 spiro atoms. The second kappa shape index (κ2) is 12.3. The zero-order chi connectivity index (χ0) is 10.2. The van der Waals surface area contributed by atoms with Crippen molar-refractivity contribution in [3.05, 3.63) is 22.6 Å². The van der Waals surface area contributed by atoms with Gasteiger partial charge in [0.05, 0.1) is 0 Å². The molecule has 0 saturated carbocycles. The molecule has 0 aliphatic heterocycles. The third kappa shape index (κ3) is 8.03. The first kappa shape index (κ1) is 19.2. The maximum absolute atomic E-state index is 5.05. The van der Waals surface area contributed by atoms with Crippen LogP contribution >= 0.6 is 15.9 Å². The predicted molar refractivity (Wildman–Crippen MR) is 62.3 cm³/mol. The summed E-state index contributed by atoms with van der Waals surface area (Å²) in [5, 5.41) is 0. The summed E-state index contributed by atoms with van der Waals surface area (Å²) in [6.07, 6.45) is 11.9. The molecule has 16 heavy (non-hydrogen) atoms. The Balaban J connectivity index is 0. The van der Waals surface area contributed by atoms with E-state index in [0.29, 0.717) is 0 Å². The van der Waals surface area contributed by atoms with Gasteiger partial charge in [-0.2, -0.15) is 0 Å². The van der Waals surface area contributed by atoms with E-state index in [1.54, 1.807) is 0 Å². The van der Waals surface area contributed by atoms with Crippen LogP contribution in [0, 0.1) is 6.26 Å². The molecule has 1 aromatic rings. The summed E-state index contributed by atoms with van der Waals surface area (Å²) in [7, 11) is 0. The minimum atomic E-state index is 0. The van der Waals surface area contributed by atoms with Gasteiger partial charge in [0.2, 0.25) is 0 Å². The van der Waals surface area contributed by atoms with Crippen molar-refractivity contribution in [1.29, 1.82) is 0 Å². The maximum Gasteiger partial charge on any atom is 0.173 e. The van der Waals surface area contributed by atoms with Gasteiger partial charge in [-0.3, -0.25) is 0 Å². The van der Waals surface area contributed by atoms with Crippen molar-refractivity contribution >= 4 is 15.9 Å². The van der Waals surface area contributed by atoms with E-state index in [1.165, 1.54) is 44.1 Å². The van der Waals surface area contributed by atoms with Gasteiger partial charge in [0.15, 0.2) is 10.9 Å². The van der Waals surface area contributed by atoms with Gasteiger partial charge in [0.1, 0.15) is 0 Å². The fraction of sp³-hybridized carbons (Fsp3) is 0.667. The topological polar surface area (TPSA) is 13.1 Å². The molecule has 0 aliphatic carbocycles. The van der Waals surface area contributed by atoms with Crippen LogP contribution in [0.2, 0.25) is 0 Å². The van der Waals surface area contributed by atoms with E-state index in [4.69, 9.17) is 4.42 Å². The van der Waals surface area contributed by atoms with E-state index in [0.717, 1.165) is 11.1 Å². The van der Waals surface area contributed by atoms with Crippen LogP contribution in [0.3, 0.4) is 0 Å². The van der Waals surface area contributed by atoms with E-state index in [2.05, 4.69) is 29.1 Å². The molecular weight excluding hydrogens is 385 g/mol. The van der Waals surface area contributed by atoms with E-state index in [-0.39, 0.29) is 36.5 Å². The largest absolute Gasteiger partial charge is 1.00 e. The molecule has 0 bridgehead atoms.